The maximum absolute atomic E-state index is 5.76. The first kappa shape index (κ1) is 11.4. The molecule has 0 aromatic heterocycles. The van der Waals surface area contributed by atoms with Crippen molar-refractivity contribution in [3.63, 3.8) is 0 Å². The molecule has 3 heteroatoms. The predicted octanol–water partition coefficient (Wildman–Crippen LogP) is 1.70. The molecular formula is C13H19NO2. The lowest BCUT2D eigenvalue weighted by atomic mass is 9.95. The molecule has 2 rings (SSSR count). The summed E-state index contributed by atoms with van der Waals surface area (Å²) in [5.41, 5.74) is 8.32. The van der Waals surface area contributed by atoms with Crippen molar-refractivity contribution in [1.82, 2.24) is 0 Å². The molecule has 3 nitrogen and oxygen atoms in total. The normalized spacial score (nSPS) is 16.4. The summed E-state index contributed by atoms with van der Waals surface area (Å²) >= 11 is 0. The van der Waals surface area contributed by atoms with Gasteiger partial charge in [-0.2, -0.15) is 0 Å². The Bertz CT molecular complexity index is 352. The highest BCUT2D eigenvalue weighted by molar-refractivity contribution is 5.39. The first-order valence-electron chi connectivity index (χ1n) is 5.79. The lowest BCUT2D eigenvalue weighted by Gasteiger charge is -2.20. The molecule has 0 radical (unpaired) electrons. The van der Waals surface area contributed by atoms with E-state index in [9.17, 15) is 0 Å². The second-order valence-corrected chi connectivity index (χ2v) is 4.21. The van der Waals surface area contributed by atoms with Gasteiger partial charge in [0.15, 0.2) is 0 Å². The van der Waals surface area contributed by atoms with Crippen molar-refractivity contribution in [3.05, 3.63) is 29.3 Å². The van der Waals surface area contributed by atoms with E-state index in [2.05, 4.69) is 18.2 Å². The SMILES string of the molecule is COCC(CN)c1ccc2c(c1)CCCO2. The van der Waals surface area contributed by atoms with E-state index in [1.165, 1.54) is 11.1 Å². The maximum Gasteiger partial charge on any atom is 0.122 e. The van der Waals surface area contributed by atoms with Gasteiger partial charge < -0.3 is 15.2 Å². The summed E-state index contributed by atoms with van der Waals surface area (Å²) in [6, 6.07) is 6.37. The highest BCUT2D eigenvalue weighted by atomic mass is 16.5. The molecule has 2 N–H and O–H groups in total. The van der Waals surface area contributed by atoms with E-state index in [1.54, 1.807) is 7.11 Å². The zero-order valence-corrected chi connectivity index (χ0v) is 9.74. The average Bonchev–Trinajstić information content (AvgIpc) is 2.35. The number of rotatable bonds is 4. The quantitative estimate of drug-likeness (QED) is 0.841. The first-order valence-corrected chi connectivity index (χ1v) is 5.79. The Morgan fingerprint density at radius 3 is 3.12 bits per heavy atom. The monoisotopic (exact) mass is 221 g/mol. The van der Waals surface area contributed by atoms with Crippen LogP contribution in [0.4, 0.5) is 0 Å². The van der Waals surface area contributed by atoms with E-state index in [1.807, 2.05) is 0 Å². The van der Waals surface area contributed by atoms with Gasteiger partial charge in [0.05, 0.1) is 13.2 Å². The van der Waals surface area contributed by atoms with Gasteiger partial charge >= 0.3 is 0 Å². The molecule has 1 aromatic carbocycles. The van der Waals surface area contributed by atoms with Crippen molar-refractivity contribution in [2.75, 3.05) is 26.9 Å². The Balaban J connectivity index is 2.21. The second kappa shape index (κ2) is 5.32. The van der Waals surface area contributed by atoms with Crippen LogP contribution in [0, 0.1) is 0 Å². The Labute approximate surface area is 96.5 Å². The van der Waals surface area contributed by atoms with E-state index < -0.39 is 0 Å². The number of methoxy groups -OCH3 is 1. The van der Waals surface area contributed by atoms with E-state index in [0.717, 1.165) is 25.2 Å². The molecule has 0 fully saturated rings. The molecule has 88 valence electrons. The van der Waals surface area contributed by atoms with Gasteiger partial charge in [0.25, 0.3) is 0 Å². The molecule has 1 unspecified atom stereocenters. The number of hydrogen-bond acceptors (Lipinski definition) is 3. The first-order chi connectivity index (χ1) is 7.85. The highest BCUT2D eigenvalue weighted by Gasteiger charge is 2.14. The van der Waals surface area contributed by atoms with Crippen LogP contribution >= 0.6 is 0 Å². The van der Waals surface area contributed by atoms with Crippen LogP contribution < -0.4 is 10.5 Å². The molecule has 0 saturated heterocycles. The number of aryl methyl sites for hydroxylation is 1. The van der Waals surface area contributed by atoms with Crippen molar-refractivity contribution in [3.8, 4) is 5.75 Å². The van der Waals surface area contributed by atoms with Gasteiger partial charge in [-0.25, -0.2) is 0 Å². The molecule has 0 saturated carbocycles. The second-order valence-electron chi connectivity index (χ2n) is 4.21. The standard InChI is InChI=1S/C13H19NO2/c1-15-9-12(8-14)10-4-5-13-11(7-10)3-2-6-16-13/h4-5,7,12H,2-3,6,8-9,14H2,1H3. The van der Waals surface area contributed by atoms with E-state index in [4.69, 9.17) is 15.2 Å². The number of hydrogen-bond donors (Lipinski definition) is 1. The van der Waals surface area contributed by atoms with Gasteiger partial charge in [0.1, 0.15) is 5.75 Å². The third kappa shape index (κ3) is 2.36. The minimum absolute atomic E-state index is 0.289. The summed E-state index contributed by atoms with van der Waals surface area (Å²) in [4.78, 5) is 0. The number of nitrogens with two attached hydrogens (primary N) is 1. The fraction of sp³-hybridized carbons (Fsp3) is 0.538. The van der Waals surface area contributed by atoms with E-state index >= 15 is 0 Å². The molecule has 1 aliphatic rings. The van der Waals surface area contributed by atoms with Crippen LogP contribution in [0.1, 0.15) is 23.5 Å². The van der Waals surface area contributed by atoms with Gasteiger partial charge in [0, 0.05) is 19.6 Å². The third-order valence-electron chi connectivity index (χ3n) is 3.06. The Hall–Kier alpha value is -1.06. The highest BCUT2D eigenvalue weighted by Crippen LogP contribution is 2.28. The van der Waals surface area contributed by atoms with Gasteiger partial charge in [-0.1, -0.05) is 12.1 Å². The van der Waals surface area contributed by atoms with Gasteiger partial charge in [-0.3, -0.25) is 0 Å². The molecule has 16 heavy (non-hydrogen) atoms. The largest absolute Gasteiger partial charge is 0.493 e. The molecule has 0 aliphatic carbocycles. The minimum atomic E-state index is 0.289. The molecular weight excluding hydrogens is 202 g/mol. The van der Waals surface area contributed by atoms with Crippen molar-refractivity contribution < 1.29 is 9.47 Å². The molecule has 1 aliphatic heterocycles. The van der Waals surface area contributed by atoms with Crippen LogP contribution in [0.25, 0.3) is 0 Å². The lowest BCUT2D eigenvalue weighted by Crippen LogP contribution is -2.18. The summed E-state index contributed by atoms with van der Waals surface area (Å²) < 4.78 is 10.8. The smallest absolute Gasteiger partial charge is 0.122 e. The average molecular weight is 221 g/mol. The van der Waals surface area contributed by atoms with Gasteiger partial charge in [-0.05, 0) is 30.0 Å². The number of ether oxygens (including phenoxy) is 2. The Morgan fingerprint density at radius 2 is 2.38 bits per heavy atom. The van der Waals surface area contributed by atoms with E-state index in [0.29, 0.717) is 13.2 Å². The number of fused-ring (bicyclic) bond motifs is 1. The lowest BCUT2D eigenvalue weighted by molar-refractivity contribution is 0.181. The van der Waals surface area contributed by atoms with Crippen LogP contribution in [0.2, 0.25) is 0 Å². The molecule has 0 bridgehead atoms. The predicted molar refractivity (Wildman–Crippen MR) is 63.9 cm³/mol. The van der Waals surface area contributed by atoms with Crippen molar-refractivity contribution in [2.45, 2.75) is 18.8 Å². The number of benzene rings is 1. The summed E-state index contributed by atoms with van der Waals surface area (Å²) in [7, 11) is 1.71. The summed E-state index contributed by atoms with van der Waals surface area (Å²) in [6.45, 7) is 2.13. The molecule has 1 heterocycles. The van der Waals surface area contributed by atoms with Gasteiger partial charge in [0.2, 0.25) is 0 Å². The van der Waals surface area contributed by atoms with E-state index in [-0.39, 0.29) is 5.92 Å². The fourth-order valence-corrected chi connectivity index (χ4v) is 2.14. The van der Waals surface area contributed by atoms with Gasteiger partial charge in [-0.15, -0.1) is 0 Å². The summed E-state index contributed by atoms with van der Waals surface area (Å²) in [6.07, 6.45) is 2.21. The maximum atomic E-state index is 5.76. The minimum Gasteiger partial charge on any atom is -0.493 e. The molecule has 0 amide bonds. The Morgan fingerprint density at radius 1 is 1.50 bits per heavy atom. The summed E-state index contributed by atoms with van der Waals surface area (Å²) in [5, 5.41) is 0. The Kier molecular flexibility index (Phi) is 3.80. The van der Waals surface area contributed by atoms with Crippen LogP contribution in [0.15, 0.2) is 18.2 Å². The molecule has 1 atom stereocenters. The van der Waals surface area contributed by atoms with Crippen molar-refractivity contribution >= 4 is 0 Å². The van der Waals surface area contributed by atoms with Crippen LogP contribution in [0.5, 0.6) is 5.75 Å². The van der Waals surface area contributed by atoms with Crippen LogP contribution in [-0.4, -0.2) is 26.9 Å². The molecule has 1 aromatic rings. The zero-order chi connectivity index (χ0) is 11.4. The zero-order valence-electron chi connectivity index (χ0n) is 9.74. The van der Waals surface area contributed by atoms with Crippen molar-refractivity contribution in [2.24, 2.45) is 5.73 Å². The third-order valence-corrected chi connectivity index (χ3v) is 3.06. The molecule has 0 spiro atoms. The summed E-state index contributed by atoms with van der Waals surface area (Å²) in [5.74, 6) is 1.32. The fourth-order valence-electron chi connectivity index (χ4n) is 2.14. The van der Waals surface area contributed by atoms with Crippen molar-refractivity contribution in [1.29, 1.82) is 0 Å². The topological polar surface area (TPSA) is 44.5 Å². The van der Waals surface area contributed by atoms with Crippen LogP contribution in [0.3, 0.4) is 0 Å². The van der Waals surface area contributed by atoms with Crippen LogP contribution in [-0.2, 0) is 11.2 Å².